The fourth-order valence-corrected chi connectivity index (χ4v) is 2.90. The Morgan fingerprint density at radius 1 is 1.35 bits per heavy atom. The van der Waals surface area contributed by atoms with E-state index in [0.29, 0.717) is 23.9 Å². The van der Waals surface area contributed by atoms with Crippen LogP contribution in [0, 0.1) is 0 Å². The highest BCUT2D eigenvalue weighted by molar-refractivity contribution is 6.30. The summed E-state index contributed by atoms with van der Waals surface area (Å²) in [5.74, 6) is 0.116. The Balaban J connectivity index is 2.24. The lowest BCUT2D eigenvalue weighted by atomic mass is 9.83. The topological polar surface area (TPSA) is 52.3 Å². The van der Waals surface area contributed by atoms with Crippen LogP contribution in [-0.4, -0.2) is 22.9 Å². The van der Waals surface area contributed by atoms with Crippen LogP contribution in [0.15, 0.2) is 41.1 Å². The van der Waals surface area contributed by atoms with Crippen LogP contribution in [0.4, 0.5) is 0 Å². The molecule has 2 aromatic rings. The number of carbonyl (C=O) groups is 1. The van der Waals surface area contributed by atoms with Crippen LogP contribution in [0.5, 0.6) is 0 Å². The molecule has 4 nitrogen and oxygen atoms in total. The van der Waals surface area contributed by atoms with Gasteiger partial charge in [-0.25, -0.2) is 4.98 Å². The van der Waals surface area contributed by atoms with Crippen molar-refractivity contribution in [3.8, 4) is 0 Å². The highest BCUT2D eigenvalue weighted by Crippen LogP contribution is 2.37. The van der Waals surface area contributed by atoms with Crippen LogP contribution in [0.1, 0.15) is 43.6 Å². The van der Waals surface area contributed by atoms with Crippen LogP contribution >= 0.6 is 23.2 Å². The number of ether oxygens (including phenoxy) is 1. The molecular weight excluding hydrogens is 337 g/mol. The summed E-state index contributed by atoms with van der Waals surface area (Å²) in [6.45, 7) is 4.07. The van der Waals surface area contributed by atoms with E-state index in [-0.39, 0.29) is 11.8 Å². The first-order valence-electron chi connectivity index (χ1n) is 7.48. The van der Waals surface area contributed by atoms with E-state index in [9.17, 15) is 4.79 Å². The van der Waals surface area contributed by atoms with Crippen molar-refractivity contribution in [2.45, 2.75) is 37.5 Å². The van der Waals surface area contributed by atoms with Crippen molar-refractivity contribution in [2.75, 3.05) is 6.61 Å². The van der Waals surface area contributed by atoms with Crippen molar-refractivity contribution in [2.24, 2.45) is 0 Å². The maximum absolute atomic E-state index is 11.9. The summed E-state index contributed by atoms with van der Waals surface area (Å²) < 4.78 is 10.4. The van der Waals surface area contributed by atoms with E-state index in [4.69, 9.17) is 32.4 Å². The molecule has 0 saturated carbocycles. The molecule has 0 saturated heterocycles. The summed E-state index contributed by atoms with van der Waals surface area (Å²) in [4.78, 5) is 16.1. The Bertz CT molecular complexity index is 613. The summed E-state index contributed by atoms with van der Waals surface area (Å²) in [5.41, 5.74) is 1.02. The Morgan fingerprint density at radius 2 is 2.04 bits per heavy atom. The lowest BCUT2D eigenvalue weighted by Gasteiger charge is -2.24. The SMILES string of the molecule is CCOC(=O)C(Cl)CC(c1ccc(Cl)cc1)C(C)c1ncco1. The third-order valence-corrected chi connectivity index (χ3v) is 4.35. The highest BCUT2D eigenvalue weighted by atomic mass is 35.5. The first-order valence-corrected chi connectivity index (χ1v) is 8.30. The predicted molar refractivity (Wildman–Crippen MR) is 90.0 cm³/mol. The van der Waals surface area contributed by atoms with Crippen LogP contribution in [0.2, 0.25) is 5.02 Å². The number of aromatic nitrogens is 1. The smallest absolute Gasteiger partial charge is 0.324 e. The molecule has 0 aliphatic heterocycles. The van der Waals surface area contributed by atoms with Gasteiger partial charge in [-0.15, -0.1) is 11.6 Å². The lowest BCUT2D eigenvalue weighted by Crippen LogP contribution is -2.23. The molecular formula is C17H19Cl2NO3. The zero-order chi connectivity index (χ0) is 16.8. The second kappa shape index (κ2) is 8.37. The van der Waals surface area contributed by atoms with Crippen LogP contribution in [-0.2, 0) is 9.53 Å². The van der Waals surface area contributed by atoms with Crippen LogP contribution in [0.3, 0.4) is 0 Å². The van der Waals surface area contributed by atoms with Gasteiger partial charge in [0.15, 0.2) is 5.89 Å². The molecule has 0 radical (unpaired) electrons. The minimum atomic E-state index is -0.729. The molecule has 3 unspecified atom stereocenters. The second-order valence-corrected chi connectivity index (χ2v) is 6.24. The van der Waals surface area contributed by atoms with E-state index < -0.39 is 11.3 Å². The summed E-state index contributed by atoms with van der Waals surface area (Å²) in [6.07, 6.45) is 3.56. The van der Waals surface area contributed by atoms with E-state index in [0.717, 1.165) is 5.56 Å². The summed E-state index contributed by atoms with van der Waals surface area (Å²) >= 11 is 12.2. The number of oxazole rings is 1. The summed E-state index contributed by atoms with van der Waals surface area (Å²) in [5, 5.41) is -0.0721. The maximum atomic E-state index is 11.9. The number of alkyl halides is 1. The molecule has 0 bridgehead atoms. The third-order valence-electron chi connectivity index (χ3n) is 3.75. The molecule has 1 aromatic heterocycles. The standard InChI is InChI=1S/C17H19Cl2NO3/c1-3-22-17(21)15(19)10-14(11(2)16-20-8-9-23-16)12-4-6-13(18)7-5-12/h4-9,11,14-15H,3,10H2,1-2H3. The van der Waals surface area contributed by atoms with Gasteiger partial charge in [0.25, 0.3) is 0 Å². The van der Waals surface area contributed by atoms with Crippen LogP contribution < -0.4 is 0 Å². The quantitative estimate of drug-likeness (QED) is 0.529. The molecule has 0 aliphatic carbocycles. The minimum Gasteiger partial charge on any atom is -0.465 e. The zero-order valence-corrected chi connectivity index (χ0v) is 14.6. The number of hydrogen-bond donors (Lipinski definition) is 0. The average molecular weight is 356 g/mol. The summed E-state index contributed by atoms with van der Waals surface area (Å²) in [7, 11) is 0. The average Bonchev–Trinajstić information content (AvgIpc) is 3.07. The second-order valence-electron chi connectivity index (χ2n) is 5.27. The molecule has 0 N–H and O–H groups in total. The Kier molecular flexibility index (Phi) is 6.48. The van der Waals surface area contributed by atoms with Gasteiger partial charge in [-0.2, -0.15) is 0 Å². The number of benzene rings is 1. The number of nitrogens with zero attached hydrogens (tertiary/aromatic N) is 1. The molecule has 124 valence electrons. The molecule has 23 heavy (non-hydrogen) atoms. The predicted octanol–water partition coefficient (Wildman–Crippen LogP) is 4.78. The van der Waals surface area contributed by atoms with Crippen molar-refractivity contribution in [1.82, 2.24) is 4.98 Å². The van der Waals surface area contributed by atoms with E-state index in [1.54, 1.807) is 13.1 Å². The van der Waals surface area contributed by atoms with E-state index in [1.807, 2.05) is 31.2 Å². The van der Waals surface area contributed by atoms with Gasteiger partial charge in [-0.3, -0.25) is 4.79 Å². The molecule has 0 spiro atoms. The van der Waals surface area contributed by atoms with E-state index in [2.05, 4.69) is 4.98 Å². The molecule has 0 fully saturated rings. The number of esters is 1. The molecule has 3 atom stereocenters. The van der Waals surface area contributed by atoms with Crippen LogP contribution in [0.25, 0.3) is 0 Å². The van der Waals surface area contributed by atoms with Gasteiger partial charge in [-0.1, -0.05) is 30.7 Å². The minimum absolute atomic E-state index is 0.0400. The molecule has 0 amide bonds. The fourth-order valence-electron chi connectivity index (χ4n) is 2.52. The first kappa shape index (κ1) is 17.8. The monoisotopic (exact) mass is 355 g/mol. The maximum Gasteiger partial charge on any atom is 0.324 e. The Hall–Kier alpha value is -1.52. The van der Waals surface area contributed by atoms with Gasteiger partial charge in [-0.05, 0) is 37.0 Å². The van der Waals surface area contributed by atoms with E-state index in [1.165, 1.54) is 6.26 Å². The Labute approximate surface area is 145 Å². The van der Waals surface area contributed by atoms with Gasteiger partial charge >= 0.3 is 5.97 Å². The number of rotatable bonds is 7. The number of halogens is 2. The van der Waals surface area contributed by atoms with Crippen molar-refractivity contribution in [3.05, 3.63) is 53.2 Å². The van der Waals surface area contributed by atoms with Gasteiger partial charge in [0, 0.05) is 10.9 Å². The zero-order valence-electron chi connectivity index (χ0n) is 13.0. The van der Waals surface area contributed by atoms with Crippen molar-refractivity contribution in [1.29, 1.82) is 0 Å². The van der Waals surface area contributed by atoms with Gasteiger partial charge in [0.1, 0.15) is 11.6 Å². The first-order chi connectivity index (χ1) is 11.0. The molecule has 1 aromatic carbocycles. The largest absolute Gasteiger partial charge is 0.465 e. The van der Waals surface area contributed by atoms with E-state index >= 15 is 0 Å². The Morgan fingerprint density at radius 3 is 2.61 bits per heavy atom. The molecule has 1 heterocycles. The normalized spacial score (nSPS) is 15.0. The van der Waals surface area contributed by atoms with Gasteiger partial charge in [0.2, 0.25) is 0 Å². The molecule has 2 rings (SSSR count). The van der Waals surface area contributed by atoms with Crippen molar-refractivity contribution >= 4 is 29.2 Å². The molecule has 6 heteroatoms. The van der Waals surface area contributed by atoms with Gasteiger partial charge in [0.05, 0.1) is 12.8 Å². The lowest BCUT2D eigenvalue weighted by molar-refractivity contribution is -0.142. The molecule has 0 aliphatic rings. The number of carbonyl (C=O) groups excluding carboxylic acids is 1. The number of hydrogen-bond acceptors (Lipinski definition) is 4. The third kappa shape index (κ3) is 4.72. The fraction of sp³-hybridized carbons (Fsp3) is 0.412. The summed E-state index contributed by atoms with van der Waals surface area (Å²) in [6, 6.07) is 7.50. The van der Waals surface area contributed by atoms with Gasteiger partial charge < -0.3 is 9.15 Å². The highest BCUT2D eigenvalue weighted by Gasteiger charge is 2.29. The van der Waals surface area contributed by atoms with Crippen molar-refractivity contribution < 1.29 is 13.9 Å². The van der Waals surface area contributed by atoms with Crippen molar-refractivity contribution in [3.63, 3.8) is 0 Å².